The van der Waals surface area contributed by atoms with Crippen LogP contribution >= 0.6 is 0 Å². The highest BCUT2D eigenvalue weighted by molar-refractivity contribution is 4.71. The molecular weight excluding hydrogens is 206 g/mol. The topological polar surface area (TPSA) is 12.0 Å². The summed E-state index contributed by atoms with van der Waals surface area (Å²) in [5.74, 6) is 1.83. The van der Waals surface area contributed by atoms with Crippen LogP contribution in [-0.4, -0.2) is 13.1 Å². The highest BCUT2D eigenvalue weighted by Crippen LogP contribution is 2.27. The number of hydrogen-bond acceptors (Lipinski definition) is 1. The third-order valence-corrected chi connectivity index (χ3v) is 4.13. The van der Waals surface area contributed by atoms with Crippen molar-refractivity contribution in [3.8, 4) is 0 Å². The maximum atomic E-state index is 3.37. The molecule has 1 heteroatoms. The van der Waals surface area contributed by atoms with E-state index in [1.54, 1.807) is 0 Å². The summed E-state index contributed by atoms with van der Waals surface area (Å²) in [6.07, 6.45) is 11.2. The second kappa shape index (κ2) is 11.1. The Morgan fingerprint density at radius 3 is 2.00 bits per heavy atom. The Balaban J connectivity index is 4.03. The average molecular weight is 241 g/mol. The highest BCUT2D eigenvalue weighted by atomic mass is 14.8. The molecule has 17 heavy (non-hydrogen) atoms. The van der Waals surface area contributed by atoms with Gasteiger partial charge in [0.15, 0.2) is 0 Å². The highest BCUT2D eigenvalue weighted by Gasteiger charge is 2.18. The quantitative estimate of drug-likeness (QED) is 0.502. The Kier molecular flexibility index (Phi) is 11.0. The van der Waals surface area contributed by atoms with Crippen molar-refractivity contribution >= 4 is 0 Å². The van der Waals surface area contributed by atoms with Crippen LogP contribution in [0.4, 0.5) is 0 Å². The lowest BCUT2D eigenvalue weighted by Crippen LogP contribution is -2.26. The molecule has 0 aliphatic carbocycles. The molecule has 3 atom stereocenters. The van der Waals surface area contributed by atoms with E-state index < -0.39 is 0 Å². The van der Waals surface area contributed by atoms with Gasteiger partial charge in [0, 0.05) is 6.04 Å². The van der Waals surface area contributed by atoms with Crippen LogP contribution in [0.5, 0.6) is 0 Å². The summed E-state index contributed by atoms with van der Waals surface area (Å²) in [5, 5.41) is 3.37. The van der Waals surface area contributed by atoms with Crippen LogP contribution in [0.2, 0.25) is 0 Å². The SMILES string of the molecule is CCCCCC(CCCC)[C@@H](C)CC(C)NC. The molecule has 0 saturated heterocycles. The fourth-order valence-electron chi connectivity index (χ4n) is 2.70. The lowest BCUT2D eigenvalue weighted by molar-refractivity contribution is 0.266. The molecule has 2 unspecified atom stereocenters. The van der Waals surface area contributed by atoms with Gasteiger partial charge in [-0.05, 0) is 32.2 Å². The first kappa shape index (κ1) is 17.0. The Hall–Kier alpha value is -0.0400. The van der Waals surface area contributed by atoms with E-state index in [2.05, 4.69) is 40.1 Å². The third-order valence-electron chi connectivity index (χ3n) is 4.13. The van der Waals surface area contributed by atoms with Crippen molar-refractivity contribution in [3.05, 3.63) is 0 Å². The van der Waals surface area contributed by atoms with E-state index >= 15 is 0 Å². The minimum Gasteiger partial charge on any atom is -0.317 e. The summed E-state index contributed by atoms with van der Waals surface area (Å²) in [7, 11) is 2.08. The zero-order valence-electron chi connectivity index (χ0n) is 12.9. The summed E-state index contributed by atoms with van der Waals surface area (Å²) in [6, 6.07) is 0.667. The number of unbranched alkanes of at least 4 members (excludes halogenated alkanes) is 3. The summed E-state index contributed by atoms with van der Waals surface area (Å²) in [6.45, 7) is 9.37. The van der Waals surface area contributed by atoms with Gasteiger partial charge in [0.1, 0.15) is 0 Å². The summed E-state index contributed by atoms with van der Waals surface area (Å²) in [4.78, 5) is 0. The van der Waals surface area contributed by atoms with Gasteiger partial charge in [0.25, 0.3) is 0 Å². The smallest absolute Gasteiger partial charge is 0.00383 e. The Labute approximate surface area is 110 Å². The van der Waals surface area contributed by atoms with Gasteiger partial charge in [-0.1, -0.05) is 65.7 Å². The second-order valence-electron chi connectivity index (χ2n) is 5.80. The van der Waals surface area contributed by atoms with Gasteiger partial charge < -0.3 is 5.32 Å². The predicted molar refractivity (Wildman–Crippen MR) is 79.5 cm³/mol. The van der Waals surface area contributed by atoms with E-state index in [4.69, 9.17) is 0 Å². The van der Waals surface area contributed by atoms with Crippen molar-refractivity contribution in [2.75, 3.05) is 7.05 Å². The van der Waals surface area contributed by atoms with Crippen molar-refractivity contribution < 1.29 is 0 Å². The van der Waals surface area contributed by atoms with Crippen LogP contribution in [0.25, 0.3) is 0 Å². The van der Waals surface area contributed by atoms with Crippen molar-refractivity contribution in [1.82, 2.24) is 5.32 Å². The van der Waals surface area contributed by atoms with E-state index in [0.29, 0.717) is 6.04 Å². The molecule has 0 aliphatic rings. The maximum absolute atomic E-state index is 3.37. The number of rotatable bonds is 11. The summed E-state index contributed by atoms with van der Waals surface area (Å²) >= 11 is 0. The molecular formula is C16H35N. The van der Waals surface area contributed by atoms with E-state index in [0.717, 1.165) is 11.8 Å². The third kappa shape index (κ3) is 8.65. The molecule has 0 rings (SSSR count). The first-order valence-electron chi connectivity index (χ1n) is 7.82. The minimum absolute atomic E-state index is 0.667. The van der Waals surface area contributed by atoms with Crippen LogP contribution < -0.4 is 5.32 Å². The molecule has 0 aromatic heterocycles. The summed E-state index contributed by atoms with van der Waals surface area (Å²) in [5.41, 5.74) is 0. The van der Waals surface area contributed by atoms with Crippen molar-refractivity contribution in [2.45, 2.75) is 85.1 Å². The first-order valence-corrected chi connectivity index (χ1v) is 7.82. The predicted octanol–water partition coefficient (Wildman–Crippen LogP) is 5.01. The summed E-state index contributed by atoms with van der Waals surface area (Å²) < 4.78 is 0. The Morgan fingerprint density at radius 2 is 1.47 bits per heavy atom. The van der Waals surface area contributed by atoms with Crippen LogP contribution in [0, 0.1) is 11.8 Å². The molecule has 1 N–H and O–H groups in total. The van der Waals surface area contributed by atoms with Gasteiger partial charge in [-0.25, -0.2) is 0 Å². The molecule has 0 fully saturated rings. The lowest BCUT2D eigenvalue weighted by Gasteiger charge is -2.26. The Bertz CT molecular complexity index is 156. The van der Waals surface area contributed by atoms with Crippen LogP contribution in [-0.2, 0) is 0 Å². The van der Waals surface area contributed by atoms with Crippen LogP contribution in [0.15, 0.2) is 0 Å². The fourth-order valence-corrected chi connectivity index (χ4v) is 2.70. The normalized spacial score (nSPS) is 16.8. The second-order valence-corrected chi connectivity index (χ2v) is 5.80. The molecule has 0 aromatic rings. The lowest BCUT2D eigenvalue weighted by atomic mass is 9.82. The number of nitrogens with one attached hydrogen (secondary N) is 1. The monoisotopic (exact) mass is 241 g/mol. The average Bonchev–Trinajstić information content (AvgIpc) is 2.33. The zero-order chi connectivity index (χ0) is 13.1. The first-order chi connectivity index (χ1) is 8.15. The van der Waals surface area contributed by atoms with Crippen molar-refractivity contribution in [1.29, 1.82) is 0 Å². The van der Waals surface area contributed by atoms with Crippen LogP contribution in [0.3, 0.4) is 0 Å². The largest absolute Gasteiger partial charge is 0.317 e. The van der Waals surface area contributed by atoms with Gasteiger partial charge in [0.05, 0.1) is 0 Å². The molecule has 104 valence electrons. The molecule has 0 saturated carbocycles. The molecule has 0 spiro atoms. The molecule has 0 amide bonds. The Morgan fingerprint density at radius 1 is 0.882 bits per heavy atom. The van der Waals surface area contributed by atoms with Crippen molar-refractivity contribution in [3.63, 3.8) is 0 Å². The van der Waals surface area contributed by atoms with Gasteiger partial charge in [0.2, 0.25) is 0 Å². The van der Waals surface area contributed by atoms with Gasteiger partial charge >= 0.3 is 0 Å². The molecule has 0 aliphatic heterocycles. The van der Waals surface area contributed by atoms with E-state index in [9.17, 15) is 0 Å². The van der Waals surface area contributed by atoms with Gasteiger partial charge in [-0.2, -0.15) is 0 Å². The van der Waals surface area contributed by atoms with E-state index in [1.165, 1.54) is 51.4 Å². The minimum atomic E-state index is 0.667. The van der Waals surface area contributed by atoms with Gasteiger partial charge in [-0.3, -0.25) is 0 Å². The zero-order valence-corrected chi connectivity index (χ0v) is 12.9. The van der Waals surface area contributed by atoms with Gasteiger partial charge in [-0.15, -0.1) is 0 Å². The maximum Gasteiger partial charge on any atom is 0.00383 e. The van der Waals surface area contributed by atoms with E-state index in [-0.39, 0.29) is 0 Å². The fraction of sp³-hybridized carbons (Fsp3) is 1.00. The standard InChI is InChI=1S/C16H35N/c1-6-8-10-12-16(11-9-7-2)14(3)13-15(4)17-5/h14-17H,6-13H2,1-5H3/t14-,15?,16?/m0/s1. The molecule has 0 radical (unpaired) electrons. The van der Waals surface area contributed by atoms with E-state index in [1.807, 2.05) is 0 Å². The molecule has 1 nitrogen and oxygen atoms in total. The number of hydrogen-bond donors (Lipinski definition) is 1. The molecule has 0 heterocycles. The molecule has 0 aromatic carbocycles. The molecule has 0 bridgehead atoms. The van der Waals surface area contributed by atoms with Crippen LogP contribution in [0.1, 0.15) is 79.1 Å². The van der Waals surface area contributed by atoms with Crippen molar-refractivity contribution in [2.24, 2.45) is 11.8 Å².